The van der Waals surface area contributed by atoms with Crippen molar-refractivity contribution in [2.75, 3.05) is 6.61 Å². The molecule has 1 saturated carbocycles. The molecule has 0 aromatic rings. The Morgan fingerprint density at radius 1 is 1.36 bits per heavy atom. The quantitative estimate of drug-likeness (QED) is 0.615. The normalized spacial score (nSPS) is 31.4. The first-order valence-corrected chi connectivity index (χ1v) is 4.06. The summed E-state index contributed by atoms with van der Waals surface area (Å²) in [4.78, 5) is 9.95. The van der Waals surface area contributed by atoms with Crippen molar-refractivity contribution in [1.29, 1.82) is 0 Å². The molecule has 0 aliphatic heterocycles. The van der Waals surface area contributed by atoms with E-state index >= 15 is 0 Å². The molecule has 0 aromatic carbocycles. The lowest BCUT2D eigenvalue weighted by molar-refractivity contribution is -0.135. The summed E-state index contributed by atoms with van der Waals surface area (Å²) in [6, 6.07) is 0. The average Bonchev–Trinajstić information content (AvgIpc) is 2.07. The molecule has 0 unspecified atom stereocenters. The van der Waals surface area contributed by atoms with Crippen LogP contribution in [0, 0.1) is 5.92 Å². The van der Waals surface area contributed by atoms with Gasteiger partial charge in [-0.3, -0.25) is 4.79 Å². The van der Waals surface area contributed by atoms with Crippen LogP contribution in [-0.2, 0) is 9.53 Å². The van der Waals surface area contributed by atoms with Crippen LogP contribution >= 0.6 is 0 Å². The zero-order valence-corrected chi connectivity index (χ0v) is 6.53. The van der Waals surface area contributed by atoms with E-state index in [4.69, 9.17) is 9.84 Å². The molecule has 1 fully saturated rings. The zero-order valence-electron chi connectivity index (χ0n) is 6.53. The summed E-state index contributed by atoms with van der Waals surface area (Å²) in [5.41, 5.74) is 0. The highest BCUT2D eigenvalue weighted by Crippen LogP contribution is 2.24. The van der Waals surface area contributed by atoms with Crippen LogP contribution in [-0.4, -0.2) is 24.3 Å². The number of rotatable bonds is 3. The van der Waals surface area contributed by atoms with Crippen molar-refractivity contribution in [2.24, 2.45) is 5.92 Å². The summed E-state index contributed by atoms with van der Waals surface area (Å²) < 4.78 is 4.81. The number of aliphatic hydroxyl groups excluding tert-OH is 1. The number of ether oxygens (including phenoxy) is 1. The van der Waals surface area contributed by atoms with Gasteiger partial charge in [-0.15, -0.1) is 0 Å². The Labute approximate surface area is 66.4 Å². The fourth-order valence-electron chi connectivity index (χ4n) is 1.53. The summed E-state index contributed by atoms with van der Waals surface area (Å²) in [6.07, 6.45) is 3.88. The molecule has 64 valence electrons. The minimum Gasteiger partial charge on any atom is -0.465 e. The molecule has 1 rings (SSSR count). The largest absolute Gasteiger partial charge is 0.465 e. The van der Waals surface area contributed by atoms with Crippen LogP contribution in [0.2, 0.25) is 0 Å². The molecule has 3 heteroatoms. The first kappa shape index (κ1) is 8.53. The third-order valence-electron chi connectivity index (χ3n) is 2.30. The second-order valence-corrected chi connectivity index (χ2v) is 3.06. The van der Waals surface area contributed by atoms with Crippen LogP contribution < -0.4 is 0 Å². The summed E-state index contributed by atoms with van der Waals surface area (Å²) in [6.45, 7) is 0.789. The Balaban J connectivity index is 2.18. The summed E-state index contributed by atoms with van der Waals surface area (Å²) >= 11 is 0. The second-order valence-electron chi connectivity index (χ2n) is 3.06. The predicted molar refractivity (Wildman–Crippen MR) is 40.0 cm³/mol. The minimum absolute atomic E-state index is 0.107. The van der Waals surface area contributed by atoms with E-state index in [9.17, 15) is 4.79 Å². The molecule has 1 aliphatic carbocycles. The Hall–Kier alpha value is -0.570. The molecule has 1 N–H and O–H groups in total. The maximum atomic E-state index is 9.95. The molecular weight excluding hydrogens is 144 g/mol. The molecule has 1 aliphatic rings. The van der Waals surface area contributed by atoms with Crippen molar-refractivity contribution in [3.05, 3.63) is 0 Å². The third kappa shape index (κ3) is 2.50. The van der Waals surface area contributed by atoms with Crippen molar-refractivity contribution < 1.29 is 14.6 Å². The molecule has 0 radical (unpaired) electrons. The molecule has 11 heavy (non-hydrogen) atoms. The Morgan fingerprint density at radius 3 is 2.45 bits per heavy atom. The maximum Gasteiger partial charge on any atom is 0.293 e. The van der Waals surface area contributed by atoms with E-state index in [1.807, 2.05) is 0 Å². The first-order valence-electron chi connectivity index (χ1n) is 4.06. The van der Waals surface area contributed by atoms with Gasteiger partial charge in [0.1, 0.15) is 6.10 Å². The number of aliphatic hydroxyl groups is 1. The van der Waals surface area contributed by atoms with E-state index < -0.39 is 0 Å². The molecule has 0 saturated heterocycles. The summed E-state index contributed by atoms with van der Waals surface area (Å²) in [7, 11) is 0. The number of hydrogen-bond donors (Lipinski definition) is 1. The number of carbonyl (C=O) groups is 1. The molecule has 0 amide bonds. The van der Waals surface area contributed by atoms with Gasteiger partial charge in [0, 0.05) is 6.61 Å². The topological polar surface area (TPSA) is 46.5 Å². The summed E-state index contributed by atoms with van der Waals surface area (Å²) in [5.74, 6) is 0.432. The minimum atomic E-state index is 0.107. The smallest absolute Gasteiger partial charge is 0.293 e. The second kappa shape index (κ2) is 4.34. The van der Waals surface area contributed by atoms with Gasteiger partial charge in [0.15, 0.2) is 0 Å². The van der Waals surface area contributed by atoms with E-state index in [0.29, 0.717) is 12.4 Å². The highest BCUT2D eigenvalue weighted by molar-refractivity contribution is 5.37. The molecule has 0 aromatic heterocycles. The fourth-order valence-corrected chi connectivity index (χ4v) is 1.53. The standard InChI is InChI=1S/C8H14O3/c9-5-7-1-3-8(4-2-7)11-6-10/h6-9H,1-5H2. The lowest BCUT2D eigenvalue weighted by atomic mass is 9.88. The van der Waals surface area contributed by atoms with Gasteiger partial charge in [-0.05, 0) is 31.6 Å². The zero-order chi connectivity index (χ0) is 8.10. The molecule has 0 bridgehead atoms. The van der Waals surface area contributed by atoms with Crippen molar-refractivity contribution in [3.8, 4) is 0 Å². The lowest BCUT2D eigenvalue weighted by Gasteiger charge is -2.25. The van der Waals surface area contributed by atoms with Gasteiger partial charge in [0.25, 0.3) is 6.47 Å². The van der Waals surface area contributed by atoms with Gasteiger partial charge in [-0.2, -0.15) is 0 Å². The molecular formula is C8H14O3. The first-order chi connectivity index (χ1) is 5.36. The van der Waals surface area contributed by atoms with Crippen molar-refractivity contribution in [1.82, 2.24) is 0 Å². The van der Waals surface area contributed by atoms with Crippen LogP contribution in [0.1, 0.15) is 25.7 Å². The Kier molecular flexibility index (Phi) is 3.36. The van der Waals surface area contributed by atoms with E-state index in [-0.39, 0.29) is 12.7 Å². The van der Waals surface area contributed by atoms with Crippen molar-refractivity contribution in [3.63, 3.8) is 0 Å². The van der Waals surface area contributed by atoms with E-state index in [1.165, 1.54) is 0 Å². The van der Waals surface area contributed by atoms with Gasteiger partial charge in [0.2, 0.25) is 0 Å². The fraction of sp³-hybridized carbons (Fsp3) is 0.875. The highest BCUT2D eigenvalue weighted by atomic mass is 16.5. The van der Waals surface area contributed by atoms with Gasteiger partial charge in [0.05, 0.1) is 0 Å². The lowest BCUT2D eigenvalue weighted by Crippen LogP contribution is -2.22. The van der Waals surface area contributed by atoms with E-state index in [2.05, 4.69) is 0 Å². The van der Waals surface area contributed by atoms with Crippen LogP contribution in [0.3, 0.4) is 0 Å². The maximum absolute atomic E-state index is 9.95. The molecule has 0 spiro atoms. The monoisotopic (exact) mass is 158 g/mol. The van der Waals surface area contributed by atoms with E-state index in [1.54, 1.807) is 0 Å². The van der Waals surface area contributed by atoms with Gasteiger partial charge < -0.3 is 9.84 Å². The van der Waals surface area contributed by atoms with Crippen LogP contribution in [0.25, 0.3) is 0 Å². The van der Waals surface area contributed by atoms with Crippen LogP contribution in [0.4, 0.5) is 0 Å². The predicted octanol–water partition coefficient (Wildman–Crippen LogP) is 0.710. The highest BCUT2D eigenvalue weighted by Gasteiger charge is 2.20. The van der Waals surface area contributed by atoms with Crippen LogP contribution in [0.15, 0.2) is 0 Å². The average molecular weight is 158 g/mol. The SMILES string of the molecule is O=COC1CCC(CO)CC1. The molecule has 3 nitrogen and oxygen atoms in total. The summed E-state index contributed by atoms with van der Waals surface area (Å²) in [5, 5.41) is 8.80. The third-order valence-corrected chi connectivity index (χ3v) is 2.30. The van der Waals surface area contributed by atoms with Crippen molar-refractivity contribution in [2.45, 2.75) is 31.8 Å². The number of carbonyl (C=O) groups excluding carboxylic acids is 1. The number of hydrogen-bond acceptors (Lipinski definition) is 3. The van der Waals surface area contributed by atoms with Crippen molar-refractivity contribution >= 4 is 6.47 Å². The van der Waals surface area contributed by atoms with Gasteiger partial charge in [-0.25, -0.2) is 0 Å². The molecule has 0 heterocycles. The molecule has 0 atom stereocenters. The van der Waals surface area contributed by atoms with Crippen LogP contribution in [0.5, 0.6) is 0 Å². The van der Waals surface area contributed by atoms with Gasteiger partial charge >= 0.3 is 0 Å². The van der Waals surface area contributed by atoms with Gasteiger partial charge in [-0.1, -0.05) is 0 Å². The van der Waals surface area contributed by atoms with E-state index in [0.717, 1.165) is 25.7 Å². The Bertz CT molecular complexity index is 117. The Morgan fingerprint density at radius 2 is 2.00 bits per heavy atom.